The molecule has 0 spiro atoms. The van der Waals surface area contributed by atoms with Crippen LogP contribution in [0, 0.1) is 11.8 Å². The summed E-state index contributed by atoms with van der Waals surface area (Å²) in [6, 6.07) is 0. The summed E-state index contributed by atoms with van der Waals surface area (Å²) in [7, 11) is 0. The van der Waals surface area contributed by atoms with E-state index in [0.717, 1.165) is 57.8 Å². The lowest BCUT2D eigenvalue weighted by Gasteiger charge is -2.19. The van der Waals surface area contributed by atoms with E-state index in [-0.39, 0.29) is 36.1 Å². The van der Waals surface area contributed by atoms with E-state index in [1.165, 1.54) is 0 Å². The summed E-state index contributed by atoms with van der Waals surface area (Å²) in [5.41, 5.74) is 0. The maximum Gasteiger partial charge on any atom is 0.306 e. The van der Waals surface area contributed by atoms with Crippen molar-refractivity contribution in [2.45, 2.75) is 89.8 Å². The fraction of sp³-hybridized carbons (Fsp3) is 0.800. The Morgan fingerprint density at radius 3 is 2.71 bits per heavy atom. The van der Waals surface area contributed by atoms with Crippen molar-refractivity contribution in [2.24, 2.45) is 11.8 Å². The van der Waals surface area contributed by atoms with Gasteiger partial charge in [0.25, 0.3) is 0 Å². The lowest BCUT2D eigenvalue weighted by atomic mass is 9.88. The van der Waals surface area contributed by atoms with Gasteiger partial charge in [-0.1, -0.05) is 45.1 Å². The smallest absolute Gasteiger partial charge is 0.306 e. The molecule has 0 radical (unpaired) electrons. The van der Waals surface area contributed by atoms with Gasteiger partial charge in [0.05, 0.1) is 6.10 Å². The fourth-order valence-electron chi connectivity index (χ4n) is 3.85. The number of ketones is 1. The Kier molecular flexibility index (Phi) is 7.97. The van der Waals surface area contributed by atoms with Gasteiger partial charge in [0, 0.05) is 24.7 Å². The second kappa shape index (κ2) is 9.97. The highest BCUT2D eigenvalue weighted by Crippen LogP contribution is 2.34. The maximum atomic E-state index is 12.2. The number of rotatable bonds is 4. The SMILES string of the molecule is CCCCC[C@H]1/C=C/[C@H]2[C@H](O)CC(=O)[C@@H]2CCCCCCC(=O)O1. The number of hydrogen-bond donors (Lipinski definition) is 1. The molecular formula is C20H32O4. The molecule has 1 aliphatic carbocycles. The average molecular weight is 336 g/mol. The minimum Gasteiger partial charge on any atom is -0.458 e. The van der Waals surface area contributed by atoms with Crippen LogP contribution < -0.4 is 0 Å². The van der Waals surface area contributed by atoms with E-state index in [2.05, 4.69) is 6.92 Å². The summed E-state index contributed by atoms with van der Waals surface area (Å²) in [5.74, 6) is -0.124. The molecule has 0 unspecified atom stereocenters. The molecule has 0 saturated heterocycles. The van der Waals surface area contributed by atoms with Crippen molar-refractivity contribution < 1.29 is 19.4 Å². The molecule has 0 amide bonds. The zero-order valence-corrected chi connectivity index (χ0v) is 14.9. The maximum absolute atomic E-state index is 12.2. The molecule has 1 heterocycles. The topological polar surface area (TPSA) is 63.6 Å². The zero-order valence-electron chi connectivity index (χ0n) is 14.9. The first-order valence-electron chi connectivity index (χ1n) is 9.70. The Morgan fingerprint density at radius 2 is 1.92 bits per heavy atom. The molecule has 4 atom stereocenters. The Morgan fingerprint density at radius 1 is 1.12 bits per heavy atom. The predicted molar refractivity (Wildman–Crippen MR) is 93.5 cm³/mol. The van der Waals surface area contributed by atoms with Gasteiger partial charge in [-0.25, -0.2) is 0 Å². The van der Waals surface area contributed by atoms with E-state index in [1.54, 1.807) is 0 Å². The van der Waals surface area contributed by atoms with E-state index in [0.29, 0.717) is 6.42 Å². The van der Waals surface area contributed by atoms with Crippen LogP contribution in [0.5, 0.6) is 0 Å². The van der Waals surface area contributed by atoms with Crippen molar-refractivity contribution in [1.29, 1.82) is 0 Å². The first kappa shape index (κ1) is 19.2. The predicted octanol–water partition coefficient (Wildman–Crippen LogP) is 3.96. The van der Waals surface area contributed by atoms with Crippen LogP contribution in [0.3, 0.4) is 0 Å². The highest BCUT2D eigenvalue weighted by atomic mass is 16.5. The van der Waals surface area contributed by atoms with E-state index < -0.39 is 6.10 Å². The molecular weight excluding hydrogens is 304 g/mol. The molecule has 1 saturated carbocycles. The summed E-state index contributed by atoms with van der Waals surface area (Å²) in [4.78, 5) is 24.2. The highest BCUT2D eigenvalue weighted by molar-refractivity contribution is 5.84. The summed E-state index contributed by atoms with van der Waals surface area (Å²) < 4.78 is 5.63. The van der Waals surface area contributed by atoms with E-state index in [4.69, 9.17) is 4.74 Å². The number of carbonyl (C=O) groups is 2. The number of hydrogen-bond acceptors (Lipinski definition) is 4. The first-order valence-corrected chi connectivity index (χ1v) is 9.70. The molecule has 0 bridgehead atoms. The Hall–Kier alpha value is -1.16. The summed E-state index contributed by atoms with van der Waals surface area (Å²) >= 11 is 0. The lowest BCUT2D eigenvalue weighted by Crippen LogP contribution is -2.20. The van der Waals surface area contributed by atoms with E-state index in [1.807, 2.05) is 12.2 Å². The van der Waals surface area contributed by atoms with Crippen LogP contribution in [0.2, 0.25) is 0 Å². The summed E-state index contributed by atoms with van der Waals surface area (Å²) in [6.07, 6.45) is 12.6. The number of fused-ring (bicyclic) bond motifs is 1. The summed E-state index contributed by atoms with van der Waals surface area (Å²) in [5, 5.41) is 10.2. The third kappa shape index (κ3) is 5.73. The minimum atomic E-state index is -0.587. The molecule has 4 heteroatoms. The standard InChI is InChI=1S/C20H32O4/c1-2-3-6-9-15-12-13-17-16(18(21)14-19(17)22)10-7-4-5-8-11-20(23)24-15/h12-13,15-17,19,22H,2-11,14H2,1H3/b13-12+/t15-,16+,17+,19+/m0/s1. The molecule has 2 rings (SSSR count). The number of ether oxygens (including phenoxy) is 1. The number of unbranched alkanes of at least 4 members (excludes halogenated alkanes) is 2. The van der Waals surface area contributed by atoms with Crippen molar-refractivity contribution in [3.8, 4) is 0 Å². The van der Waals surface area contributed by atoms with E-state index in [9.17, 15) is 14.7 Å². The normalized spacial score (nSPS) is 33.8. The monoisotopic (exact) mass is 336 g/mol. The van der Waals surface area contributed by atoms with Gasteiger partial charge in [0.1, 0.15) is 11.9 Å². The first-order chi connectivity index (χ1) is 11.6. The molecule has 1 fully saturated rings. The Bertz CT molecular complexity index is 443. The number of Topliss-reactive ketones (excluding diaryl/α,β-unsaturated/α-hetero) is 1. The number of aliphatic hydroxyl groups is 1. The molecule has 1 aliphatic heterocycles. The van der Waals surface area contributed by atoms with Gasteiger partial charge in [0.15, 0.2) is 0 Å². The number of esters is 1. The van der Waals surface area contributed by atoms with Crippen molar-refractivity contribution >= 4 is 11.8 Å². The van der Waals surface area contributed by atoms with Crippen LogP contribution in [0.1, 0.15) is 77.6 Å². The van der Waals surface area contributed by atoms with Crippen LogP contribution in [0.15, 0.2) is 12.2 Å². The van der Waals surface area contributed by atoms with Crippen molar-refractivity contribution in [3.63, 3.8) is 0 Å². The number of cyclic esters (lactones) is 1. The Labute approximate surface area is 145 Å². The molecule has 0 aromatic rings. The van der Waals surface area contributed by atoms with E-state index >= 15 is 0 Å². The average Bonchev–Trinajstić information content (AvgIpc) is 2.81. The van der Waals surface area contributed by atoms with Gasteiger partial charge < -0.3 is 9.84 Å². The minimum absolute atomic E-state index is 0.0657. The van der Waals surface area contributed by atoms with Gasteiger partial charge in [-0.3, -0.25) is 9.59 Å². The van der Waals surface area contributed by atoms with Gasteiger partial charge in [-0.05, 0) is 31.8 Å². The molecule has 136 valence electrons. The second-order valence-electron chi connectivity index (χ2n) is 7.28. The van der Waals surface area contributed by atoms with Gasteiger partial charge in [-0.2, -0.15) is 0 Å². The lowest BCUT2D eigenvalue weighted by molar-refractivity contribution is -0.147. The van der Waals surface area contributed by atoms with Crippen molar-refractivity contribution in [2.75, 3.05) is 0 Å². The van der Waals surface area contributed by atoms with Crippen molar-refractivity contribution in [1.82, 2.24) is 0 Å². The van der Waals surface area contributed by atoms with Crippen LogP contribution >= 0.6 is 0 Å². The zero-order chi connectivity index (χ0) is 17.4. The molecule has 2 aliphatic rings. The van der Waals surface area contributed by atoms with Gasteiger partial charge in [-0.15, -0.1) is 0 Å². The third-order valence-corrected chi connectivity index (χ3v) is 5.30. The van der Waals surface area contributed by atoms with Crippen LogP contribution in [0.4, 0.5) is 0 Å². The molecule has 0 aromatic carbocycles. The molecule has 0 aromatic heterocycles. The second-order valence-corrected chi connectivity index (χ2v) is 7.28. The third-order valence-electron chi connectivity index (χ3n) is 5.30. The quantitative estimate of drug-likeness (QED) is 0.479. The molecule has 1 N–H and O–H groups in total. The van der Waals surface area contributed by atoms with Crippen molar-refractivity contribution in [3.05, 3.63) is 12.2 Å². The Balaban J connectivity index is 2.08. The summed E-state index contributed by atoms with van der Waals surface area (Å²) in [6.45, 7) is 2.15. The largest absolute Gasteiger partial charge is 0.458 e. The van der Waals surface area contributed by atoms with Gasteiger partial charge in [0.2, 0.25) is 0 Å². The fourth-order valence-corrected chi connectivity index (χ4v) is 3.85. The van der Waals surface area contributed by atoms with Crippen LogP contribution in [-0.2, 0) is 14.3 Å². The molecule has 24 heavy (non-hydrogen) atoms. The van der Waals surface area contributed by atoms with Gasteiger partial charge >= 0.3 is 5.97 Å². The van der Waals surface area contributed by atoms with Crippen LogP contribution in [0.25, 0.3) is 0 Å². The molecule has 4 nitrogen and oxygen atoms in total. The highest BCUT2D eigenvalue weighted by Gasteiger charge is 2.39. The number of carbonyl (C=O) groups excluding carboxylic acids is 2. The number of aliphatic hydroxyl groups excluding tert-OH is 1. The van der Waals surface area contributed by atoms with Crippen LogP contribution in [-0.4, -0.2) is 29.1 Å².